The van der Waals surface area contributed by atoms with Gasteiger partial charge in [0.25, 0.3) is 0 Å². The number of hydrogen-bond donors (Lipinski definition) is 0. The zero-order valence-corrected chi connectivity index (χ0v) is 29.4. The van der Waals surface area contributed by atoms with Crippen LogP contribution in [0.1, 0.15) is 221 Å². The molecule has 0 saturated carbocycles. The molecule has 0 N–H and O–H groups in total. The lowest BCUT2D eigenvalue weighted by atomic mass is 9.91. The minimum atomic E-state index is -0.357. The monoisotopic (exact) mass is 595 g/mol. The molecule has 0 rings (SSSR count). The van der Waals surface area contributed by atoms with E-state index in [2.05, 4.69) is 41.5 Å². The summed E-state index contributed by atoms with van der Waals surface area (Å²) >= 11 is 0. The Morgan fingerprint density at radius 3 is 0.905 bits per heavy atom. The van der Waals surface area contributed by atoms with Gasteiger partial charge in [-0.05, 0) is 78.1 Å². The van der Waals surface area contributed by atoms with Crippen molar-refractivity contribution in [2.45, 2.75) is 233 Å². The van der Waals surface area contributed by atoms with Crippen molar-refractivity contribution < 1.29 is 19.1 Å². The zero-order valence-electron chi connectivity index (χ0n) is 29.4. The van der Waals surface area contributed by atoms with Gasteiger partial charge in [0.15, 0.2) is 0 Å². The van der Waals surface area contributed by atoms with Crippen molar-refractivity contribution in [2.24, 2.45) is 0 Å². The molecular formula is C38H74O4. The first-order valence-corrected chi connectivity index (χ1v) is 18.7. The van der Waals surface area contributed by atoms with Crippen molar-refractivity contribution in [1.82, 2.24) is 0 Å². The minimum absolute atomic E-state index is 0.101. The number of esters is 2. The Hall–Kier alpha value is -1.06. The molecule has 0 aromatic rings. The van der Waals surface area contributed by atoms with Crippen LogP contribution in [0.2, 0.25) is 0 Å². The number of unbranched alkanes of at least 4 members (excludes halogenated alkanes) is 17. The lowest BCUT2D eigenvalue weighted by Crippen LogP contribution is -2.32. The van der Waals surface area contributed by atoms with E-state index in [9.17, 15) is 9.59 Å². The lowest BCUT2D eigenvalue weighted by molar-refractivity contribution is -0.162. The fourth-order valence-corrected chi connectivity index (χ4v) is 6.05. The average molecular weight is 595 g/mol. The average Bonchev–Trinajstić information content (AvgIpc) is 2.95. The van der Waals surface area contributed by atoms with E-state index in [0.717, 1.165) is 51.4 Å². The van der Waals surface area contributed by atoms with Crippen LogP contribution in [0.4, 0.5) is 0 Å². The molecule has 0 radical (unpaired) electrons. The van der Waals surface area contributed by atoms with Crippen molar-refractivity contribution in [3.8, 4) is 0 Å². The van der Waals surface area contributed by atoms with Gasteiger partial charge in [0.2, 0.25) is 0 Å². The molecule has 0 fully saturated rings. The van der Waals surface area contributed by atoms with Gasteiger partial charge in [-0.3, -0.25) is 9.59 Å². The molecule has 0 aliphatic carbocycles. The summed E-state index contributed by atoms with van der Waals surface area (Å²) in [6.07, 6.45) is 30.6. The van der Waals surface area contributed by atoms with Gasteiger partial charge in [-0.1, -0.05) is 130 Å². The Morgan fingerprint density at radius 2 is 0.619 bits per heavy atom. The van der Waals surface area contributed by atoms with E-state index < -0.39 is 0 Å². The molecule has 4 heteroatoms. The Kier molecular flexibility index (Phi) is 26.8. The molecule has 0 aromatic carbocycles. The summed E-state index contributed by atoms with van der Waals surface area (Å²) in [6.45, 7) is 13.3. The summed E-state index contributed by atoms with van der Waals surface area (Å²) in [7, 11) is 0. The topological polar surface area (TPSA) is 52.6 Å². The third-order valence-corrected chi connectivity index (χ3v) is 8.97. The normalized spacial score (nSPS) is 14.3. The maximum Gasteiger partial charge on any atom is 0.306 e. The van der Waals surface area contributed by atoms with Crippen LogP contribution in [-0.4, -0.2) is 23.1 Å². The van der Waals surface area contributed by atoms with Gasteiger partial charge in [0, 0.05) is 12.8 Å². The second kappa shape index (κ2) is 27.5. The molecule has 4 nitrogen and oxygen atoms in total. The van der Waals surface area contributed by atoms with E-state index in [1.54, 1.807) is 0 Å². The van der Waals surface area contributed by atoms with E-state index in [1.165, 1.54) is 103 Å². The van der Waals surface area contributed by atoms with Crippen LogP contribution < -0.4 is 0 Å². The summed E-state index contributed by atoms with van der Waals surface area (Å²) in [4.78, 5) is 25.7. The minimum Gasteiger partial charge on any atom is -0.459 e. The Bertz CT molecular complexity index is 579. The molecule has 2 unspecified atom stereocenters. The first-order valence-electron chi connectivity index (χ1n) is 18.7. The van der Waals surface area contributed by atoms with E-state index in [4.69, 9.17) is 9.47 Å². The van der Waals surface area contributed by atoms with Crippen molar-refractivity contribution in [2.75, 3.05) is 0 Å². The van der Waals surface area contributed by atoms with Crippen LogP contribution >= 0.6 is 0 Å². The summed E-state index contributed by atoms with van der Waals surface area (Å²) in [5, 5.41) is 0. The van der Waals surface area contributed by atoms with Crippen molar-refractivity contribution >= 4 is 11.9 Å². The van der Waals surface area contributed by atoms with Gasteiger partial charge in [0.1, 0.15) is 11.2 Å². The van der Waals surface area contributed by atoms with Gasteiger partial charge in [-0.25, -0.2) is 0 Å². The molecular weight excluding hydrogens is 520 g/mol. The smallest absolute Gasteiger partial charge is 0.306 e. The third-order valence-electron chi connectivity index (χ3n) is 8.97. The number of rotatable bonds is 31. The SMILES string of the molecule is CCCCCCCCC(C)(CCCCCC)OC(=O)CCCCC(=O)OC(C)(CCCCCC)CCCCCCCC. The maximum absolute atomic E-state index is 12.8. The highest BCUT2D eigenvalue weighted by atomic mass is 16.6. The molecule has 0 bridgehead atoms. The van der Waals surface area contributed by atoms with E-state index in [0.29, 0.717) is 25.7 Å². The molecule has 0 aromatic heterocycles. The first kappa shape index (κ1) is 40.9. The third kappa shape index (κ3) is 24.4. The van der Waals surface area contributed by atoms with Crippen LogP contribution in [0.5, 0.6) is 0 Å². The fourth-order valence-electron chi connectivity index (χ4n) is 6.05. The number of carbonyl (C=O) groups is 2. The Morgan fingerprint density at radius 1 is 0.381 bits per heavy atom. The van der Waals surface area contributed by atoms with Crippen LogP contribution in [0.15, 0.2) is 0 Å². The van der Waals surface area contributed by atoms with Gasteiger partial charge >= 0.3 is 11.9 Å². The van der Waals surface area contributed by atoms with Crippen LogP contribution in [0.3, 0.4) is 0 Å². The van der Waals surface area contributed by atoms with Gasteiger partial charge in [-0.15, -0.1) is 0 Å². The van der Waals surface area contributed by atoms with Crippen LogP contribution in [0, 0.1) is 0 Å². The van der Waals surface area contributed by atoms with E-state index >= 15 is 0 Å². The molecule has 0 saturated heterocycles. The fraction of sp³-hybridized carbons (Fsp3) is 0.947. The lowest BCUT2D eigenvalue weighted by Gasteiger charge is -2.30. The summed E-state index contributed by atoms with van der Waals surface area (Å²) in [6, 6.07) is 0. The Balaban J connectivity index is 4.63. The highest BCUT2D eigenvalue weighted by molar-refractivity contribution is 5.71. The first-order chi connectivity index (χ1) is 20.2. The van der Waals surface area contributed by atoms with Crippen LogP contribution in [-0.2, 0) is 19.1 Å². The molecule has 0 amide bonds. The number of ether oxygens (including phenoxy) is 2. The molecule has 0 aliphatic rings. The molecule has 2 atom stereocenters. The van der Waals surface area contributed by atoms with E-state index in [-0.39, 0.29) is 23.1 Å². The largest absolute Gasteiger partial charge is 0.459 e. The second-order valence-electron chi connectivity index (χ2n) is 13.7. The second-order valence-corrected chi connectivity index (χ2v) is 13.7. The van der Waals surface area contributed by atoms with Gasteiger partial charge < -0.3 is 9.47 Å². The molecule has 250 valence electrons. The summed E-state index contributed by atoms with van der Waals surface area (Å²) in [5.41, 5.74) is -0.713. The molecule has 0 spiro atoms. The van der Waals surface area contributed by atoms with Gasteiger partial charge in [-0.2, -0.15) is 0 Å². The zero-order chi connectivity index (χ0) is 31.4. The van der Waals surface area contributed by atoms with Gasteiger partial charge in [0.05, 0.1) is 0 Å². The molecule has 0 aliphatic heterocycles. The molecule has 0 heterocycles. The highest BCUT2D eigenvalue weighted by Gasteiger charge is 2.29. The predicted molar refractivity (Wildman–Crippen MR) is 181 cm³/mol. The summed E-state index contributed by atoms with van der Waals surface area (Å²) in [5.74, 6) is -0.202. The van der Waals surface area contributed by atoms with Crippen molar-refractivity contribution in [3.63, 3.8) is 0 Å². The highest BCUT2D eigenvalue weighted by Crippen LogP contribution is 2.29. The molecule has 42 heavy (non-hydrogen) atoms. The van der Waals surface area contributed by atoms with Crippen molar-refractivity contribution in [3.05, 3.63) is 0 Å². The van der Waals surface area contributed by atoms with Crippen LogP contribution in [0.25, 0.3) is 0 Å². The Labute approximate surface area is 263 Å². The standard InChI is InChI=1S/C38H74O4/c1-7-11-15-19-21-27-33-37(5,31-25-17-13-9-3)41-35(39)29-23-24-30-36(40)42-38(6,32-26-18-14-10-4)34-28-22-20-16-12-8-2/h7-34H2,1-6H3. The van der Waals surface area contributed by atoms with E-state index in [1.807, 2.05) is 0 Å². The summed E-state index contributed by atoms with van der Waals surface area (Å²) < 4.78 is 12.2. The predicted octanol–water partition coefficient (Wildman–Crippen LogP) is 12.6. The number of hydrogen-bond acceptors (Lipinski definition) is 4. The quantitative estimate of drug-likeness (QED) is 0.0591. The van der Waals surface area contributed by atoms with Crippen molar-refractivity contribution in [1.29, 1.82) is 0 Å². The maximum atomic E-state index is 12.8. The number of carbonyl (C=O) groups excluding carboxylic acids is 2.